The van der Waals surface area contributed by atoms with E-state index in [9.17, 15) is 32.7 Å². The standard InChI is InChI=1S/C30H31BrN4O7S/c31-23-8-6-21-13-24(9-7-20(21)12-23)43(41,42)35(18-29(38)39)26-4-2-10-32(30(26)40)17-28(37)33-14-19-11-22(16-33)25-3-1-5-27(36)34(25)15-19/h1,3,5-9,12-13,19,22,26H,2,4,10-11,14-18H2,(H,38,39)/t19-,22+,26+/m1/s1. The summed E-state index contributed by atoms with van der Waals surface area (Å²) in [5.41, 5.74) is 0.862. The number of aliphatic carboxylic acids is 1. The number of fused-ring (bicyclic) bond motifs is 5. The van der Waals surface area contributed by atoms with E-state index in [0.29, 0.717) is 31.4 Å². The van der Waals surface area contributed by atoms with Gasteiger partial charge >= 0.3 is 5.97 Å². The molecular formula is C30H31BrN4O7S. The fourth-order valence-electron chi connectivity index (χ4n) is 6.69. The molecule has 11 nitrogen and oxygen atoms in total. The Balaban J connectivity index is 1.21. The van der Waals surface area contributed by atoms with Crippen molar-refractivity contribution in [3.05, 3.63) is 75.1 Å². The number of carboxylic acids is 1. The summed E-state index contributed by atoms with van der Waals surface area (Å²) in [4.78, 5) is 54.3. The number of pyridine rings is 1. The van der Waals surface area contributed by atoms with Crippen molar-refractivity contribution in [2.45, 2.75) is 42.7 Å². The van der Waals surface area contributed by atoms with E-state index in [1.165, 1.54) is 17.0 Å². The average molecular weight is 672 g/mol. The number of halogens is 1. The van der Waals surface area contributed by atoms with Crippen LogP contribution >= 0.6 is 15.9 Å². The van der Waals surface area contributed by atoms with Crippen LogP contribution in [0, 0.1) is 5.92 Å². The van der Waals surface area contributed by atoms with Crippen LogP contribution in [0.15, 0.2) is 68.8 Å². The van der Waals surface area contributed by atoms with Gasteiger partial charge in [-0.15, -0.1) is 0 Å². The van der Waals surface area contributed by atoms with E-state index in [1.807, 2.05) is 12.1 Å². The summed E-state index contributed by atoms with van der Waals surface area (Å²) < 4.78 is 31.0. The summed E-state index contributed by atoms with van der Waals surface area (Å²) in [7, 11) is -4.37. The largest absolute Gasteiger partial charge is 0.480 e. The van der Waals surface area contributed by atoms with Gasteiger partial charge in [0.25, 0.3) is 5.56 Å². The zero-order valence-corrected chi connectivity index (χ0v) is 25.7. The smallest absolute Gasteiger partial charge is 0.318 e. The molecule has 2 bridgehead atoms. The predicted octanol–water partition coefficient (Wildman–Crippen LogP) is 2.48. The molecule has 2 amide bonds. The lowest BCUT2D eigenvalue weighted by molar-refractivity contribution is -0.147. The van der Waals surface area contributed by atoms with E-state index < -0.39 is 34.5 Å². The maximum atomic E-state index is 13.8. The summed E-state index contributed by atoms with van der Waals surface area (Å²) in [5, 5.41) is 11.1. The molecule has 3 atom stereocenters. The first kappa shape index (κ1) is 29.5. The van der Waals surface area contributed by atoms with Gasteiger partial charge in [-0.1, -0.05) is 34.1 Å². The highest BCUT2D eigenvalue weighted by molar-refractivity contribution is 9.10. The van der Waals surface area contributed by atoms with Crippen molar-refractivity contribution in [2.75, 3.05) is 32.7 Å². The number of carboxylic acid groups (broad SMARTS) is 1. The molecule has 1 N–H and O–H groups in total. The van der Waals surface area contributed by atoms with Gasteiger partial charge in [0.15, 0.2) is 0 Å². The third-order valence-electron chi connectivity index (χ3n) is 8.68. The fraction of sp³-hybridized carbons (Fsp3) is 0.400. The Morgan fingerprint density at radius 1 is 1.00 bits per heavy atom. The molecule has 6 rings (SSSR count). The number of amides is 2. The van der Waals surface area contributed by atoms with Crippen molar-refractivity contribution >= 4 is 54.5 Å². The second-order valence-electron chi connectivity index (χ2n) is 11.5. The van der Waals surface area contributed by atoms with E-state index in [2.05, 4.69) is 15.9 Å². The molecule has 3 aromatic rings. The van der Waals surface area contributed by atoms with Crippen LogP contribution in [0.4, 0.5) is 0 Å². The van der Waals surface area contributed by atoms with Crippen molar-refractivity contribution in [1.29, 1.82) is 0 Å². The number of benzene rings is 2. The Morgan fingerprint density at radius 2 is 1.77 bits per heavy atom. The number of nitrogens with zero attached hydrogens (tertiary/aromatic N) is 4. The average Bonchev–Trinajstić information content (AvgIpc) is 2.97. The zero-order chi connectivity index (χ0) is 30.5. The summed E-state index contributed by atoms with van der Waals surface area (Å²) >= 11 is 3.40. The Labute approximate surface area is 256 Å². The fourth-order valence-corrected chi connectivity index (χ4v) is 8.67. The minimum absolute atomic E-state index is 0.0226. The Kier molecular flexibility index (Phi) is 7.90. The Morgan fingerprint density at radius 3 is 2.56 bits per heavy atom. The van der Waals surface area contributed by atoms with Crippen molar-refractivity contribution in [3.8, 4) is 0 Å². The van der Waals surface area contributed by atoms with E-state index in [0.717, 1.165) is 26.3 Å². The third kappa shape index (κ3) is 5.73. The number of carbonyl (C=O) groups excluding carboxylic acids is 2. The first-order valence-electron chi connectivity index (χ1n) is 14.2. The lowest BCUT2D eigenvalue weighted by Crippen LogP contribution is -2.58. The normalized spacial score (nSPS) is 22.1. The zero-order valence-electron chi connectivity index (χ0n) is 23.3. The van der Waals surface area contributed by atoms with Crippen LogP contribution in [-0.4, -0.2) is 88.7 Å². The first-order valence-corrected chi connectivity index (χ1v) is 16.4. The molecule has 226 valence electrons. The molecule has 3 aliphatic rings. The lowest BCUT2D eigenvalue weighted by Gasteiger charge is -2.43. The van der Waals surface area contributed by atoms with E-state index in [4.69, 9.17) is 0 Å². The molecule has 1 aromatic heterocycles. The highest BCUT2D eigenvalue weighted by Crippen LogP contribution is 2.35. The van der Waals surface area contributed by atoms with Crippen LogP contribution in [-0.2, 0) is 31.0 Å². The van der Waals surface area contributed by atoms with Crippen LogP contribution < -0.4 is 5.56 Å². The van der Waals surface area contributed by atoms with Crippen molar-refractivity contribution in [1.82, 2.24) is 18.7 Å². The van der Waals surface area contributed by atoms with Crippen LogP contribution in [0.5, 0.6) is 0 Å². The van der Waals surface area contributed by atoms with Crippen molar-refractivity contribution < 1.29 is 27.9 Å². The molecule has 13 heteroatoms. The molecule has 0 radical (unpaired) electrons. The first-order chi connectivity index (χ1) is 20.5. The van der Waals surface area contributed by atoms with Gasteiger partial charge < -0.3 is 19.5 Å². The number of likely N-dealkylation sites (tertiary alicyclic amines) is 2. The molecule has 3 aliphatic heterocycles. The molecule has 2 saturated heterocycles. The molecule has 0 spiro atoms. The number of aromatic nitrogens is 1. The summed E-state index contributed by atoms with van der Waals surface area (Å²) in [6.45, 7) is 0.608. The molecule has 4 heterocycles. The van der Waals surface area contributed by atoms with Crippen LogP contribution in [0.3, 0.4) is 0 Å². The summed E-state index contributed by atoms with van der Waals surface area (Å²) in [6, 6.07) is 13.8. The molecule has 0 aliphatic carbocycles. The predicted molar refractivity (Wildman–Crippen MR) is 161 cm³/mol. The quantitative estimate of drug-likeness (QED) is 0.408. The third-order valence-corrected chi connectivity index (χ3v) is 11.0. The second kappa shape index (κ2) is 11.5. The topological polar surface area (TPSA) is 137 Å². The molecular weight excluding hydrogens is 640 g/mol. The van der Waals surface area contributed by atoms with Gasteiger partial charge in [-0.05, 0) is 66.3 Å². The number of rotatable bonds is 7. The minimum Gasteiger partial charge on any atom is -0.480 e. The minimum atomic E-state index is -4.37. The molecule has 0 saturated carbocycles. The monoisotopic (exact) mass is 670 g/mol. The van der Waals surface area contributed by atoms with Gasteiger partial charge in [0, 0.05) is 48.3 Å². The number of hydrogen-bond acceptors (Lipinski definition) is 6. The number of sulfonamides is 1. The van der Waals surface area contributed by atoms with Crippen LogP contribution in [0.1, 0.15) is 30.9 Å². The highest BCUT2D eigenvalue weighted by Gasteiger charge is 2.43. The maximum absolute atomic E-state index is 13.8. The number of carbonyl (C=O) groups is 3. The van der Waals surface area contributed by atoms with E-state index in [-0.39, 0.29) is 47.7 Å². The molecule has 43 heavy (non-hydrogen) atoms. The van der Waals surface area contributed by atoms with Crippen molar-refractivity contribution in [2.24, 2.45) is 5.92 Å². The van der Waals surface area contributed by atoms with E-state index >= 15 is 0 Å². The van der Waals surface area contributed by atoms with Gasteiger partial charge in [-0.3, -0.25) is 19.2 Å². The van der Waals surface area contributed by atoms with Gasteiger partial charge in [-0.2, -0.15) is 4.31 Å². The Hall–Kier alpha value is -3.55. The molecule has 2 fully saturated rings. The molecule has 0 unspecified atom stereocenters. The van der Waals surface area contributed by atoms with Crippen molar-refractivity contribution in [3.63, 3.8) is 0 Å². The van der Waals surface area contributed by atoms with Gasteiger partial charge in [-0.25, -0.2) is 8.42 Å². The number of hydrogen-bond donors (Lipinski definition) is 1. The highest BCUT2D eigenvalue weighted by atomic mass is 79.9. The van der Waals surface area contributed by atoms with Gasteiger partial charge in [0.2, 0.25) is 21.8 Å². The second-order valence-corrected chi connectivity index (χ2v) is 14.3. The Bertz CT molecular complexity index is 1790. The summed E-state index contributed by atoms with van der Waals surface area (Å²) in [5.74, 6) is -2.06. The number of piperidine rings is 2. The van der Waals surface area contributed by atoms with Gasteiger partial charge in [0.05, 0.1) is 11.4 Å². The SMILES string of the molecule is O=C(O)CN([C@H]1CCCN(CC(=O)N2C[C@H]3C[C@@H](C2)c2cccc(=O)n2C3)C1=O)S(=O)(=O)c1ccc2cc(Br)ccc2c1. The molecule has 2 aromatic carbocycles. The summed E-state index contributed by atoms with van der Waals surface area (Å²) in [6.07, 6.45) is 1.45. The lowest BCUT2D eigenvalue weighted by atomic mass is 9.83. The van der Waals surface area contributed by atoms with E-state index in [1.54, 1.807) is 39.8 Å². The van der Waals surface area contributed by atoms with Gasteiger partial charge in [0.1, 0.15) is 12.6 Å². The van der Waals surface area contributed by atoms with Crippen LogP contribution in [0.2, 0.25) is 0 Å². The maximum Gasteiger partial charge on any atom is 0.318 e. The van der Waals surface area contributed by atoms with Crippen LogP contribution in [0.25, 0.3) is 10.8 Å².